The van der Waals surface area contributed by atoms with Gasteiger partial charge < -0.3 is 5.11 Å². The smallest absolute Gasteiger partial charge is 0.317 e. The topological polar surface area (TPSA) is 37.3 Å². The number of aliphatic carboxylic acids is 1. The molecular formula is C11H10O2S. The number of carbonyl (C=O) groups is 1. The summed E-state index contributed by atoms with van der Waals surface area (Å²) in [5.74, 6) is -0.336. The molecule has 1 aliphatic heterocycles. The fourth-order valence-corrected chi connectivity index (χ4v) is 3.65. The van der Waals surface area contributed by atoms with Crippen LogP contribution < -0.4 is 0 Å². The molecule has 0 aromatic heterocycles. The molecule has 1 heterocycles. The number of carboxylic acids is 1. The van der Waals surface area contributed by atoms with E-state index in [1.807, 2.05) is 12.2 Å². The minimum Gasteiger partial charge on any atom is -0.480 e. The van der Waals surface area contributed by atoms with Gasteiger partial charge in [0.15, 0.2) is 0 Å². The predicted octanol–water partition coefficient (Wildman–Crippen LogP) is 2.00. The van der Waals surface area contributed by atoms with Gasteiger partial charge in [-0.3, -0.25) is 4.79 Å². The Labute approximate surface area is 86.4 Å². The molecule has 2 nitrogen and oxygen atoms in total. The normalized spacial score (nSPS) is 37.9. The van der Waals surface area contributed by atoms with Crippen LogP contribution in [-0.2, 0) is 4.79 Å². The summed E-state index contributed by atoms with van der Waals surface area (Å²) in [5.41, 5.74) is 2.74. The summed E-state index contributed by atoms with van der Waals surface area (Å²) in [6.45, 7) is 0. The summed E-state index contributed by atoms with van der Waals surface area (Å²) in [6.07, 6.45) is 9.26. The molecule has 3 unspecified atom stereocenters. The Balaban J connectivity index is 1.98. The van der Waals surface area contributed by atoms with E-state index in [4.69, 9.17) is 5.11 Å². The second kappa shape index (κ2) is 2.76. The van der Waals surface area contributed by atoms with Crippen LogP contribution in [0.2, 0.25) is 0 Å². The zero-order valence-electron chi connectivity index (χ0n) is 7.51. The van der Waals surface area contributed by atoms with Crippen LogP contribution in [0.4, 0.5) is 0 Å². The van der Waals surface area contributed by atoms with Gasteiger partial charge in [-0.05, 0) is 12.0 Å². The third kappa shape index (κ3) is 1.08. The average Bonchev–Trinajstić information content (AvgIpc) is 2.95. The Kier molecular flexibility index (Phi) is 1.65. The van der Waals surface area contributed by atoms with Gasteiger partial charge in [-0.2, -0.15) is 0 Å². The van der Waals surface area contributed by atoms with E-state index in [-0.39, 0.29) is 10.5 Å². The Morgan fingerprint density at radius 2 is 2.36 bits per heavy atom. The number of fused-ring (bicyclic) bond motifs is 2. The van der Waals surface area contributed by atoms with Gasteiger partial charge in [0.2, 0.25) is 0 Å². The summed E-state index contributed by atoms with van der Waals surface area (Å²) in [7, 11) is 0. The minimum atomic E-state index is -0.656. The standard InChI is InChI=1S/C11H10O2S/c12-11(13)10-8-5-7(8)6-3-1-2-4-9(6)14-10/h1-4,8-10H,5H2,(H,12,13). The molecule has 1 fully saturated rings. The molecule has 72 valence electrons. The van der Waals surface area contributed by atoms with Crippen LogP contribution in [0, 0.1) is 5.92 Å². The van der Waals surface area contributed by atoms with Crippen LogP contribution in [0.3, 0.4) is 0 Å². The van der Waals surface area contributed by atoms with Gasteiger partial charge in [-0.15, -0.1) is 11.8 Å². The van der Waals surface area contributed by atoms with Gasteiger partial charge in [-0.1, -0.05) is 29.9 Å². The first-order valence-electron chi connectivity index (χ1n) is 4.73. The zero-order valence-corrected chi connectivity index (χ0v) is 8.33. The van der Waals surface area contributed by atoms with E-state index in [9.17, 15) is 4.79 Å². The maximum absolute atomic E-state index is 11.0. The highest BCUT2D eigenvalue weighted by Gasteiger charge is 2.48. The van der Waals surface area contributed by atoms with Crippen molar-refractivity contribution in [3.63, 3.8) is 0 Å². The van der Waals surface area contributed by atoms with Crippen molar-refractivity contribution >= 4 is 17.7 Å². The van der Waals surface area contributed by atoms with E-state index in [1.54, 1.807) is 11.8 Å². The van der Waals surface area contributed by atoms with Crippen molar-refractivity contribution < 1.29 is 9.90 Å². The molecule has 14 heavy (non-hydrogen) atoms. The van der Waals surface area contributed by atoms with Gasteiger partial charge in [0.05, 0.1) is 0 Å². The highest BCUT2D eigenvalue weighted by Crippen LogP contribution is 2.55. The maximum atomic E-state index is 11.0. The molecule has 0 radical (unpaired) electrons. The van der Waals surface area contributed by atoms with Crippen LogP contribution in [0.5, 0.6) is 0 Å². The Morgan fingerprint density at radius 3 is 3.14 bits per heavy atom. The van der Waals surface area contributed by atoms with Crippen LogP contribution in [0.15, 0.2) is 35.5 Å². The highest BCUT2D eigenvalue weighted by atomic mass is 32.2. The molecule has 0 bridgehead atoms. The SMILES string of the molecule is O=C(O)C1SC2C=CC=CC2=C2CC21. The summed E-state index contributed by atoms with van der Waals surface area (Å²) in [6, 6.07) is 0. The zero-order chi connectivity index (χ0) is 9.71. The van der Waals surface area contributed by atoms with E-state index in [2.05, 4.69) is 12.2 Å². The van der Waals surface area contributed by atoms with Crippen LogP contribution in [-0.4, -0.2) is 21.6 Å². The molecule has 0 amide bonds. The third-order valence-corrected chi connectivity index (χ3v) is 4.51. The van der Waals surface area contributed by atoms with E-state index in [1.165, 1.54) is 11.1 Å². The van der Waals surface area contributed by atoms with Gasteiger partial charge in [0.25, 0.3) is 0 Å². The van der Waals surface area contributed by atoms with Gasteiger partial charge in [0, 0.05) is 11.2 Å². The summed E-state index contributed by atoms with van der Waals surface area (Å²) < 4.78 is 0. The van der Waals surface area contributed by atoms with Gasteiger partial charge in [0.1, 0.15) is 5.25 Å². The minimum absolute atomic E-state index is 0.213. The van der Waals surface area contributed by atoms with E-state index in [0.29, 0.717) is 5.92 Å². The van der Waals surface area contributed by atoms with Crippen molar-refractivity contribution in [1.82, 2.24) is 0 Å². The van der Waals surface area contributed by atoms with Crippen molar-refractivity contribution in [3.8, 4) is 0 Å². The summed E-state index contributed by atoms with van der Waals surface area (Å²) in [5, 5.41) is 9.11. The number of rotatable bonds is 1. The van der Waals surface area contributed by atoms with Gasteiger partial charge in [-0.25, -0.2) is 0 Å². The first-order chi connectivity index (χ1) is 6.77. The highest BCUT2D eigenvalue weighted by molar-refractivity contribution is 8.01. The molecule has 3 heteroatoms. The molecule has 0 aromatic carbocycles. The Morgan fingerprint density at radius 1 is 1.50 bits per heavy atom. The van der Waals surface area contributed by atoms with E-state index < -0.39 is 5.97 Å². The number of carboxylic acid groups (broad SMARTS) is 1. The monoisotopic (exact) mass is 206 g/mol. The Hall–Kier alpha value is -0.960. The fourth-order valence-electron chi connectivity index (χ4n) is 2.21. The quantitative estimate of drug-likeness (QED) is 0.713. The van der Waals surface area contributed by atoms with E-state index >= 15 is 0 Å². The average molecular weight is 206 g/mol. The van der Waals surface area contributed by atoms with Crippen molar-refractivity contribution in [2.45, 2.75) is 16.9 Å². The van der Waals surface area contributed by atoms with Crippen LogP contribution >= 0.6 is 11.8 Å². The lowest BCUT2D eigenvalue weighted by Gasteiger charge is -2.24. The van der Waals surface area contributed by atoms with Gasteiger partial charge >= 0.3 is 5.97 Å². The molecule has 3 atom stereocenters. The lowest BCUT2D eigenvalue weighted by atomic mass is 10.0. The fraction of sp³-hybridized carbons (Fsp3) is 0.364. The van der Waals surface area contributed by atoms with E-state index in [0.717, 1.165) is 6.42 Å². The molecule has 2 aliphatic carbocycles. The number of thioether (sulfide) groups is 1. The third-order valence-electron chi connectivity index (χ3n) is 2.98. The van der Waals surface area contributed by atoms with Crippen LogP contribution in [0.25, 0.3) is 0 Å². The van der Waals surface area contributed by atoms with Crippen LogP contribution in [0.1, 0.15) is 6.42 Å². The lowest BCUT2D eigenvalue weighted by molar-refractivity contribution is -0.136. The molecule has 1 saturated carbocycles. The number of hydrogen-bond donors (Lipinski definition) is 1. The summed E-state index contributed by atoms with van der Waals surface area (Å²) in [4.78, 5) is 11.0. The largest absolute Gasteiger partial charge is 0.480 e. The number of allylic oxidation sites excluding steroid dienone is 4. The molecule has 0 spiro atoms. The van der Waals surface area contributed by atoms with Crippen molar-refractivity contribution in [1.29, 1.82) is 0 Å². The van der Waals surface area contributed by atoms with Crippen molar-refractivity contribution in [2.24, 2.45) is 5.92 Å². The molecule has 3 aliphatic rings. The molecule has 3 rings (SSSR count). The van der Waals surface area contributed by atoms with Crippen molar-refractivity contribution in [2.75, 3.05) is 0 Å². The molecule has 1 N–H and O–H groups in total. The predicted molar refractivity (Wildman–Crippen MR) is 56.2 cm³/mol. The summed E-state index contributed by atoms with van der Waals surface area (Å²) >= 11 is 1.58. The molecule has 0 saturated heterocycles. The second-order valence-electron chi connectivity index (χ2n) is 3.85. The Bertz CT molecular complexity index is 392. The number of hydrogen-bond acceptors (Lipinski definition) is 2. The first-order valence-corrected chi connectivity index (χ1v) is 5.68. The maximum Gasteiger partial charge on any atom is 0.317 e. The van der Waals surface area contributed by atoms with Crippen molar-refractivity contribution in [3.05, 3.63) is 35.5 Å². The first kappa shape index (κ1) is 8.36. The lowest BCUT2D eigenvalue weighted by Crippen LogP contribution is -2.25. The molecular weight excluding hydrogens is 196 g/mol. The second-order valence-corrected chi connectivity index (χ2v) is 5.14. The molecule has 0 aromatic rings.